The second-order valence-corrected chi connectivity index (χ2v) is 7.77. The van der Waals surface area contributed by atoms with Gasteiger partial charge < -0.3 is 10.2 Å². The number of rotatable bonds is 4. The van der Waals surface area contributed by atoms with Crippen LogP contribution < -0.4 is 5.32 Å². The van der Waals surface area contributed by atoms with Gasteiger partial charge in [-0.15, -0.1) is 0 Å². The van der Waals surface area contributed by atoms with Gasteiger partial charge in [-0.2, -0.15) is 0 Å². The molecular formula is C20H29N3O. The minimum Gasteiger partial charge on any atom is -0.340 e. The van der Waals surface area contributed by atoms with Gasteiger partial charge in [-0.3, -0.25) is 9.69 Å². The largest absolute Gasteiger partial charge is 0.340 e. The smallest absolute Gasteiger partial charge is 0.229 e. The molecule has 1 amide bonds. The summed E-state index contributed by atoms with van der Waals surface area (Å²) in [5.74, 6) is 0.418. The van der Waals surface area contributed by atoms with Crippen molar-refractivity contribution in [2.24, 2.45) is 5.41 Å². The third-order valence-corrected chi connectivity index (χ3v) is 6.30. The van der Waals surface area contributed by atoms with Crippen molar-refractivity contribution in [2.45, 2.75) is 38.1 Å². The Balaban J connectivity index is 1.38. The first kappa shape index (κ1) is 16.1. The molecule has 1 aromatic rings. The lowest BCUT2D eigenvalue weighted by Crippen LogP contribution is -2.57. The van der Waals surface area contributed by atoms with E-state index in [2.05, 4.69) is 45.4 Å². The van der Waals surface area contributed by atoms with Crippen LogP contribution in [-0.4, -0.2) is 61.0 Å². The van der Waals surface area contributed by atoms with E-state index in [-0.39, 0.29) is 5.41 Å². The minimum atomic E-state index is -0.113. The molecule has 0 aromatic heterocycles. The molecule has 3 aliphatic rings. The number of hydrogen-bond acceptors (Lipinski definition) is 3. The number of carbonyl (C=O) groups excluding carboxylic acids is 1. The molecule has 1 aliphatic carbocycles. The van der Waals surface area contributed by atoms with Crippen LogP contribution >= 0.6 is 0 Å². The van der Waals surface area contributed by atoms with E-state index < -0.39 is 0 Å². The normalized spacial score (nSPS) is 27.0. The van der Waals surface area contributed by atoms with E-state index in [9.17, 15) is 4.79 Å². The summed E-state index contributed by atoms with van der Waals surface area (Å²) >= 11 is 0. The number of carbonyl (C=O) groups is 1. The number of benzene rings is 1. The van der Waals surface area contributed by atoms with Gasteiger partial charge in [0.1, 0.15) is 0 Å². The lowest BCUT2D eigenvalue weighted by molar-refractivity contribution is -0.149. The van der Waals surface area contributed by atoms with E-state index >= 15 is 0 Å². The molecule has 4 nitrogen and oxygen atoms in total. The Kier molecular flexibility index (Phi) is 4.59. The van der Waals surface area contributed by atoms with Gasteiger partial charge in [0.25, 0.3) is 0 Å². The number of amides is 1. The fraction of sp³-hybridized carbons (Fsp3) is 0.650. The number of nitrogens with one attached hydrogen (secondary N) is 1. The first-order valence-corrected chi connectivity index (χ1v) is 9.55. The van der Waals surface area contributed by atoms with Crippen LogP contribution in [0.1, 0.15) is 31.2 Å². The Labute approximate surface area is 145 Å². The molecule has 130 valence electrons. The molecule has 24 heavy (non-hydrogen) atoms. The van der Waals surface area contributed by atoms with E-state index in [1.807, 2.05) is 0 Å². The van der Waals surface area contributed by atoms with Crippen molar-refractivity contribution in [2.75, 3.05) is 39.3 Å². The van der Waals surface area contributed by atoms with E-state index in [1.54, 1.807) is 0 Å². The van der Waals surface area contributed by atoms with E-state index in [0.29, 0.717) is 11.9 Å². The summed E-state index contributed by atoms with van der Waals surface area (Å²) in [7, 11) is 0. The van der Waals surface area contributed by atoms with Gasteiger partial charge in [0, 0.05) is 38.8 Å². The van der Waals surface area contributed by atoms with Crippen LogP contribution in [0, 0.1) is 5.41 Å². The molecule has 2 heterocycles. The summed E-state index contributed by atoms with van der Waals surface area (Å²) in [6.07, 6.45) is 5.50. The number of nitrogens with zero attached hydrogens (tertiary/aromatic N) is 2. The second-order valence-electron chi connectivity index (χ2n) is 7.77. The zero-order chi connectivity index (χ0) is 16.4. The van der Waals surface area contributed by atoms with Crippen molar-refractivity contribution in [3.05, 3.63) is 35.9 Å². The Morgan fingerprint density at radius 2 is 1.88 bits per heavy atom. The first-order valence-electron chi connectivity index (χ1n) is 9.55. The SMILES string of the molecule is O=C(N1CCN(C2CCNC2)CC1)C1(Cc2ccccc2)CCC1. The zero-order valence-corrected chi connectivity index (χ0v) is 14.5. The summed E-state index contributed by atoms with van der Waals surface area (Å²) < 4.78 is 0. The monoisotopic (exact) mass is 327 g/mol. The van der Waals surface area contributed by atoms with Gasteiger partial charge in [-0.05, 0) is 37.8 Å². The summed E-state index contributed by atoms with van der Waals surface area (Å²) in [6, 6.07) is 11.2. The molecule has 1 saturated carbocycles. The predicted molar refractivity (Wildman–Crippen MR) is 95.9 cm³/mol. The fourth-order valence-corrected chi connectivity index (χ4v) is 4.63. The Morgan fingerprint density at radius 1 is 1.12 bits per heavy atom. The highest BCUT2D eigenvalue weighted by molar-refractivity contribution is 5.84. The molecule has 1 unspecified atom stereocenters. The molecule has 0 spiro atoms. The molecule has 3 fully saturated rings. The van der Waals surface area contributed by atoms with Crippen LogP contribution in [0.2, 0.25) is 0 Å². The number of piperazine rings is 1. The van der Waals surface area contributed by atoms with Crippen molar-refractivity contribution >= 4 is 5.91 Å². The summed E-state index contributed by atoms with van der Waals surface area (Å²) in [5, 5.41) is 3.45. The van der Waals surface area contributed by atoms with Gasteiger partial charge in [0.15, 0.2) is 0 Å². The Hall–Kier alpha value is -1.39. The van der Waals surface area contributed by atoms with Gasteiger partial charge in [-0.1, -0.05) is 36.8 Å². The maximum absolute atomic E-state index is 13.2. The average Bonchev–Trinajstić information content (AvgIpc) is 3.13. The van der Waals surface area contributed by atoms with Gasteiger partial charge in [0.05, 0.1) is 5.41 Å². The van der Waals surface area contributed by atoms with Crippen molar-refractivity contribution in [3.63, 3.8) is 0 Å². The van der Waals surface area contributed by atoms with E-state index in [1.165, 1.54) is 18.4 Å². The molecule has 2 aliphatic heterocycles. The highest BCUT2D eigenvalue weighted by atomic mass is 16.2. The van der Waals surface area contributed by atoms with Crippen LogP contribution in [0.25, 0.3) is 0 Å². The standard InChI is InChI=1S/C20H29N3O/c24-19(20(8-4-9-20)15-17-5-2-1-3-6-17)23-13-11-22(12-14-23)18-7-10-21-16-18/h1-3,5-6,18,21H,4,7-16H2. The summed E-state index contributed by atoms with van der Waals surface area (Å²) in [5.41, 5.74) is 1.19. The third kappa shape index (κ3) is 3.09. The molecule has 1 N–H and O–H groups in total. The van der Waals surface area contributed by atoms with E-state index in [0.717, 1.165) is 58.5 Å². The van der Waals surface area contributed by atoms with Crippen LogP contribution in [0.3, 0.4) is 0 Å². The van der Waals surface area contributed by atoms with Crippen LogP contribution in [0.15, 0.2) is 30.3 Å². The molecule has 1 aromatic carbocycles. The highest BCUT2D eigenvalue weighted by Gasteiger charge is 2.46. The minimum absolute atomic E-state index is 0.113. The maximum Gasteiger partial charge on any atom is 0.229 e. The lowest BCUT2D eigenvalue weighted by Gasteiger charge is -2.46. The molecule has 4 rings (SSSR count). The topological polar surface area (TPSA) is 35.6 Å². The molecule has 2 saturated heterocycles. The summed E-state index contributed by atoms with van der Waals surface area (Å²) in [6.45, 7) is 6.16. The van der Waals surface area contributed by atoms with Crippen LogP contribution in [0.5, 0.6) is 0 Å². The fourth-order valence-electron chi connectivity index (χ4n) is 4.63. The Bertz CT molecular complexity index is 556. The summed E-state index contributed by atoms with van der Waals surface area (Å²) in [4.78, 5) is 18.0. The first-order chi connectivity index (χ1) is 11.8. The zero-order valence-electron chi connectivity index (χ0n) is 14.5. The van der Waals surface area contributed by atoms with Gasteiger partial charge in [-0.25, -0.2) is 0 Å². The molecule has 0 radical (unpaired) electrons. The highest BCUT2D eigenvalue weighted by Crippen LogP contribution is 2.45. The quantitative estimate of drug-likeness (QED) is 0.917. The lowest BCUT2D eigenvalue weighted by atomic mass is 9.64. The van der Waals surface area contributed by atoms with Gasteiger partial charge >= 0.3 is 0 Å². The van der Waals surface area contributed by atoms with Crippen LogP contribution in [-0.2, 0) is 11.2 Å². The average molecular weight is 327 g/mol. The molecule has 1 atom stereocenters. The predicted octanol–water partition coefficient (Wildman–Crippen LogP) is 1.91. The number of hydrogen-bond donors (Lipinski definition) is 1. The Morgan fingerprint density at radius 3 is 2.46 bits per heavy atom. The molecule has 4 heteroatoms. The maximum atomic E-state index is 13.2. The third-order valence-electron chi connectivity index (χ3n) is 6.30. The van der Waals surface area contributed by atoms with Crippen molar-refractivity contribution in [3.8, 4) is 0 Å². The van der Waals surface area contributed by atoms with Gasteiger partial charge in [0.2, 0.25) is 5.91 Å². The van der Waals surface area contributed by atoms with Crippen LogP contribution in [0.4, 0.5) is 0 Å². The van der Waals surface area contributed by atoms with Crippen molar-refractivity contribution in [1.29, 1.82) is 0 Å². The van der Waals surface area contributed by atoms with Crippen molar-refractivity contribution in [1.82, 2.24) is 15.1 Å². The van der Waals surface area contributed by atoms with E-state index in [4.69, 9.17) is 0 Å². The van der Waals surface area contributed by atoms with Crippen molar-refractivity contribution < 1.29 is 4.79 Å². The molecular weight excluding hydrogens is 298 g/mol. The molecule has 0 bridgehead atoms. The second kappa shape index (κ2) is 6.85.